The quantitative estimate of drug-likeness (QED) is 0.183. The number of benzene rings is 4. The first-order valence-corrected chi connectivity index (χ1v) is 33.4. The summed E-state index contributed by atoms with van der Waals surface area (Å²) in [6.07, 6.45) is 10.2. The van der Waals surface area contributed by atoms with Crippen molar-refractivity contribution in [3.8, 4) is 22.3 Å². The summed E-state index contributed by atoms with van der Waals surface area (Å²) in [6, 6.07) is 33.5. The van der Waals surface area contributed by atoms with Gasteiger partial charge in [-0.3, -0.25) is 0 Å². The molecule has 2 unspecified atom stereocenters. The minimum absolute atomic E-state index is 0.563. The van der Waals surface area contributed by atoms with Crippen LogP contribution in [0, 0.1) is 13.8 Å². The second kappa shape index (κ2) is 9.82. The summed E-state index contributed by atoms with van der Waals surface area (Å²) >= 11 is -3.71. The van der Waals surface area contributed by atoms with Gasteiger partial charge < -0.3 is 0 Å². The van der Waals surface area contributed by atoms with Crippen LogP contribution in [0.4, 0.5) is 0 Å². The van der Waals surface area contributed by atoms with Crippen molar-refractivity contribution in [2.75, 3.05) is 0 Å². The Hall–Kier alpha value is -2.55. The van der Waals surface area contributed by atoms with E-state index >= 15 is 0 Å². The molecule has 4 aromatic rings. The van der Waals surface area contributed by atoms with Crippen molar-refractivity contribution in [2.45, 2.75) is 50.1 Å². The van der Waals surface area contributed by atoms with E-state index in [0.29, 0.717) is 7.35 Å². The summed E-state index contributed by atoms with van der Waals surface area (Å²) in [4.78, 5) is 0. The molecule has 0 radical (unpaired) electrons. The molecule has 0 saturated carbocycles. The fraction of sp³-hybridized carbons (Fsp3) is 0.243. The van der Waals surface area contributed by atoms with Gasteiger partial charge in [-0.15, -0.1) is 0 Å². The van der Waals surface area contributed by atoms with Gasteiger partial charge >= 0.3 is 238 Å². The molecule has 0 heterocycles. The van der Waals surface area contributed by atoms with E-state index in [9.17, 15) is 0 Å². The van der Waals surface area contributed by atoms with E-state index in [-0.39, 0.29) is 0 Å². The van der Waals surface area contributed by atoms with Crippen LogP contribution in [0.5, 0.6) is 0 Å². The topological polar surface area (TPSA) is 0 Å². The Bertz CT molecular complexity index is 1630. The van der Waals surface area contributed by atoms with E-state index in [2.05, 4.69) is 146 Å². The van der Waals surface area contributed by atoms with Gasteiger partial charge in [0.1, 0.15) is 0 Å². The van der Waals surface area contributed by atoms with Crippen LogP contribution < -0.4 is 0 Å². The molecule has 0 aromatic heterocycles. The van der Waals surface area contributed by atoms with Crippen molar-refractivity contribution < 1.29 is 17.1 Å². The van der Waals surface area contributed by atoms with Crippen molar-refractivity contribution in [1.29, 1.82) is 0 Å². The standard InChI is InChI=1S/2C16H13.C3H8Si.2CH3.Hf/c2*1-12-5-2-8-14(11-12)16-10-4-7-13-6-3-9-15(13)16;1-3-4-2;;;/h2*2-11H,1H3;3H2,1-2H3;2*1H3;. The molecule has 0 nitrogen and oxygen atoms in total. The van der Waals surface area contributed by atoms with E-state index in [4.69, 9.17) is 0 Å². The molecule has 0 amide bonds. The van der Waals surface area contributed by atoms with Crippen LogP contribution in [-0.2, 0) is 17.1 Å². The molecule has 196 valence electrons. The van der Waals surface area contributed by atoms with Crippen LogP contribution in [0.15, 0.2) is 97.1 Å². The average Bonchev–Trinajstić information content (AvgIpc) is 3.58. The van der Waals surface area contributed by atoms with Crippen LogP contribution in [0.1, 0.15) is 47.7 Å². The molecule has 0 saturated heterocycles. The van der Waals surface area contributed by atoms with Gasteiger partial charge in [0.2, 0.25) is 0 Å². The Balaban J connectivity index is 1.53. The predicted octanol–water partition coefficient (Wildman–Crippen LogP) is 10.9. The third-order valence-electron chi connectivity index (χ3n) is 10.3. The molecule has 0 fully saturated rings. The molecule has 0 spiro atoms. The number of hydrogen-bond acceptors (Lipinski definition) is 0. The van der Waals surface area contributed by atoms with E-state index in [1.807, 2.05) is 0 Å². The fourth-order valence-corrected chi connectivity index (χ4v) is 52.4. The molecular weight excluding hydrogens is 651 g/mol. The first-order chi connectivity index (χ1) is 18.7. The second-order valence-electron chi connectivity index (χ2n) is 12.8. The Morgan fingerprint density at radius 3 is 1.49 bits per heavy atom. The van der Waals surface area contributed by atoms with Gasteiger partial charge in [-0.25, -0.2) is 0 Å². The van der Waals surface area contributed by atoms with Gasteiger partial charge in [0.15, 0.2) is 0 Å². The van der Waals surface area contributed by atoms with Crippen molar-refractivity contribution in [2.24, 2.45) is 0 Å². The zero-order valence-electron chi connectivity index (χ0n) is 24.3. The molecule has 2 aliphatic carbocycles. The molecule has 2 heteroatoms. The summed E-state index contributed by atoms with van der Waals surface area (Å²) in [6.45, 7) is 9.53. The van der Waals surface area contributed by atoms with E-state index in [1.54, 1.807) is 11.1 Å². The zero-order valence-corrected chi connectivity index (χ0v) is 28.8. The second-order valence-corrected chi connectivity index (χ2v) is 60.4. The maximum absolute atomic E-state index is 3.71. The van der Waals surface area contributed by atoms with Crippen LogP contribution in [-0.4, -0.2) is 5.49 Å². The van der Waals surface area contributed by atoms with Gasteiger partial charge in [0.25, 0.3) is 0 Å². The van der Waals surface area contributed by atoms with Crippen LogP contribution >= 0.6 is 0 Å². The number of hydrogen-bond donors (Lipinski definition) is 0. The van der Waals surface area contributed by atoms with Gasteiger partial charge in [-0.2, -0.15) is 0 Å². The van der Waals surface area contributed by atoms with Crippen molar-refractivity contribution in [3.05, 3.63) is 130 Å². The fourth-order valence-electron chi connectivity index (χ4n) is 7.63. The van der Waals surface area contributed by atoms with Gasteiger partial charge in [0, 0.05) is 0 Å². The Kier molecular flexibility index (Phi) is 6.71. The van der Waals surface area contributed by atoms with Crippen molar-refractivity contribution in [3.63, 3.8) is 0 Å². The number of allylic oxidation sites excluding steroid dienone is 2. The minimum atomic E-state index is -3.71. The van der Waals surface area contributed by atoms with Crippen molar-refractivity contribution in [1.82, 2.24) is 0 Å². The first kappa shape index (κ1) is 26.7. The molecule has 39 heavy (non-hydrogen) atoms. The summed E-state index contributed by atoms with van der Waals surface area (Å²) in [5, 5.41) is 0. The molecule has 6 rings (SSSR count). The molecule has 4 aromatic carbocycles. The maximum atomic E-state index is 2.84. The summed E-state index contributed by atoms with van der Waals surface area (Å²) < 4.78 is 6.82. The molecular formula is C37H40HfSi. The Morgan fingerprint density at radius 2 is 1.08 bits per heavy atom. The third kappa shape index (κ3) is 4.18. The summed E-state index contributed by atoms with van der Waals surface area (Å²) in [5.41, 5.74) is 13.6. The summed E-state index contributed by atoms with van der Waals surface area (Å²) in [5.74, 6) is 0. The molecule has 0 N–H and O–H groups in total. The Labute approximate surface area is 236 Å². The van der Waals surface area contributed by atoms with E-state index in [1.165, 1.54) is 50.6 Å². The van der Waals surface area contributed by atoms with Crippen LogP contribution in [0.25, 0.3) is 34.4 Å². The third-order valence-corrected chi connectivity index (χ3v) is 69.4. The zero-order chi connectivity index (χ0) is 27.4. The molecule has 2 atom stereocenters. The molecule has 0 bridgehead atoms. The van der Waals surface area contributed by atoms with E-state index in [0.717, 1.165) is 0 Å². The summed E-state index contributed by atoms with van der Waals surface area (Å²) in [7, 11) is 0. The first-order valence-electron chi connectivity index (χ1n) is 14.5. The normalized spacial score (nSPS) is 17.8. The van der Waals surface area contributed by atoms with Gasteiger partial charge in [-0.05, 0) is 0 Å². The van der Waals surface area contributed by atoms with Crippen LogP contribution in [0.3, 0.4) is 0 Å². The van der Waals surface area contributed by atoms with Crippen molar-refractivity contribution >= 4 is 17.6 Å². The average molecular weight is 691 g/mol. The monoisotopic (exact) mass is 692 g/mol. The SMILES string of the molecule is CC[Si](C)=[Hf]([CH3])([CH3])([CH]1C=Cc2c(-c3cccc(C)c3)cccc21)[CH]1C=Cc2c(-c3cccc(C)c3)cccc21. The van der Waals surface area contributed by atoms with Gasteiger partial charge in [0.05, 0.1) is 0 Å². The number of aryl methyl sites for hydroxylation is 2. The van der Waals surface area contributed by atoms with Gasteiger partial charge in [-0.1, -0.05) is 0 Å². The number of rotatable bonds is 5. The predicted molar refractivity (Wildman–Crippen MR) is 171 cm³/mol. The number of fused-ring (bicyclic) bond motifs is 2. The van der Waals surface area contributed by atoms with Crippen LogP contribution in [0.2, 0.25) is 22.0 Å². The Morgan fingerprint density at radius 1 is 0.641 bits per heavy atom. The molecule has 0 aliphatic heterocycles. The van der Waals surface area contributed by atoms with E-state index < -0.39 is 22.6 Å². The molecule has 2 aliphatic rings.